The minimum atomic E-state index is -0.890. The highest BCUT2D eigenvalue weighted by atomic mass is 16.6. The molecule has 0 aliphatic heterocycles. The van der Waals surface area contributed by atoms with Crippen molar-refractivity contribution in [2.24, 2.45) is 23.3 Å². The number of ether oxygens (including phenoxy) is 2. The molecule has 0 aromatic rings. The minimum absolute atomic E-state index is 0.0208. The number of amides is 6. The Morgan fingerprint density at radius 2 is 1.62 bits per heavy atom. The zero-order valence-corrected chi connectivity index (χ0v) is 25.8. The van der Waals surface area contributed by atoms with Gasteiger partial charge in [-0.2, -0.15) is 0 Å². The largest absolute Gasteiger partial charge is 0.467 e. The number of urea groups is 1. The number of likely N-dealkylation sites (N-methyl/N-ethyl adjacent to an activating group) is 1. The van der Waals surface area contributed by atoms with Crippen LogP contribution < -0.4 is 27.4 Å². The lowest BCUT2D eigenvalue weighted by Gasteiger charge is -2.29. The predicted octanol–water partition coefficient (Wildman–Crippen LogP) is -0.312. The zero-order chi connectivity index (χ0) is 32.6. The standard InChI is InChI=1S/C27H49N7O8/c1-9-20(15-42-27(40)33(6)14-12-22(35)34(7)19(5)25(38)41-8)16(2)18(4)31-24(37)21(32-23(36)17(3)28)11-10-13-30-26(29)39/h9,16-21H,1,10-15,28H2,2-8H3,(H,31,37)(H,32,36)(H3,29,30,39)/t16-,17-,18-,19-,20?,21-/m0/s1. The molecule has 0 radical (unpaired) electrons. The van der Waals surface area contributed by atoms with Crippen LogP contribution in [0.15, 0.2) is 12.7 Å². The SMILES string of the molecule is C=CC(COC(=O)N(C)CCC(=O)N(C)[C@@H](C)C(=O)OC)[C@@H](C)[C@H](C)NC(=O)[C@H](CCCNC(N)=O)NC(=O)[C@H](C)N. The molecule has 6 amide bonds. The normalized spacial score (nSPS) is 15.0. The van der Waals surface area contributed by atoms with Gasteiger partial charge in [0.1, 0.15) is 12.1 Å². The van der Waals surface area contributed by atoms with E-state index >= 15 is 0 Å². The minimum Gasteiger partial charge on any atom is -0.467 e. The lowest BCUT2D eigenvalue weighted by atomic mass is 9.88. The van der Waals surface area contributed by atoms with Crippen LogP contribution in [0, 0.1) is 11.8 Å². The number of hydrogen-bond donors (Lipinski definition) is 5. The van der Waals surface area contributed by atoms with Crippen LogP contribution in [-0.2, 0) is 28.7 Å². The number of nitrogens with zero attached hydrogens (tertiary/aromatic N) is 2. The second kappa shape index (κ2) is 19.3. The summed E-state index contributed by atoms with van der Waals surface area (Å²) in [6.07, 6.45) is 1.58. The molecule has 1 unspecified atom stereocenters. The first kappa shape index (κ1) is 38.1. The van der Waals surface area contributed by atoms with E-state index in [0.29, 0.717) is 6.42 Å². The summed E-state index contributed by atoms with van der Waals surface area (Å²) in [6.45, 7) is 10.8. The first-order chi connectivity index (χ1) is 19.6. The molecule has 6 atom stereocenters. The van der Waals surface area contributed by atoms with Crippen LogP contribution in [0.4, 0.5) is 9.59 Å². The van der Waals surface area contributed by atoms with E-state index in [0.717, 1.165) is 0 Å². The summed E-state index contributed by atoms with van der Waals surface area (Å²) in [5.41, 5.74) is 10.7. The van der Waals surface area contributed by atoms with E-state index in [1.165, 1.54) is 37.9 Å². The highest BCUT2D eigenvalue weighted by molar-refractivity contribution is 5.89. The Balaban J connectivity index is 5.01. The molecule has 0 aliphatic rings. The smallest absolute Gasteiger partial charge is 0.409 e. The van der Waals surface area contributed by atoms with Gasteiger partial charge in [-0.15, -0.1) is 6.58 Å². The Bertz CT molecular complexity index is 945. The fourth-order valence-electron chi connectivity index (χ4n) is 3.70. The van der Waals surface area contributed by atoms with Crippen LogP contribution in [0.2, 0.25) is 0 Å². The van der Waals surface area contributed by atoms with E-state index in [4.69, 9.17) is 16.2 Å². The van der Waals surface area contributed by atoms with Gasteiger partial charge in [0.2, 0.25) is 17.7 Å². The molecule has 0 heterocycles. The molecule has 0 saturated carbocycles. The van der Waals surface area contributed by atoms with Gasteiger partial charge in [0, 0.05) is 45.6 Å². The summed E-state index contributed by atoms with van der Waals surface area (Å²) in [6, 6.07) is -3.56. The average Bonchev–Trinajstić information content (AvgIpc) is 2.95. The van der Waals surface area contributed by atoms with Crippen LogP contribution in [0.1, 0.15) is 47.0 Å². The molecule has 15 nitrogen and oxygen atoms in total. The van der Waals surface area contributed by atoms with Gasteiger partial charge in [-0.3, -0.25) is 14.4 Å². The van der Waals surface area contributed by atoms with E-state index < -0.39 is 54.1 Å². The molecule has 0 rings (SSSR count). The Kier molecular flexibility index (Phi) is 17.5. The quantitative estimate of drug-likeness (QED) is 0.0792. The zero-order valence-electron chi connectivity index (χ0n) is 25.8. The maximum Gasteiger partial charge on any atom is 0.409 e. The number of primary amides is 1. The fourth-order valence-corrected chi connectivity index (χ4v) is 3.70. The maximum atomic E-state index is 13.0. The van der Waals surface area contributed by atoms with Gasteiger partial charge in [-0.25, -0.2) is 14.4 Å². The van der Waals surface area contributed by atoms with Crippen molar-refractivity contribution in [2.45, 2.75) is 71.1 Å². The van der Waals surface area contributed by atoms with Gasteiger partial charge < -0.3 is 46.7 Å². The molecule has 15 heteroatoms. The van der Waals surface area contributed by atoms with Crippen LogP contribution in [0.3, 0.4) is 0 Å². The fraction of sp³-hybridized carbons (Fsp3) is 0.704. The summed E-state index contributed by atoms with van der Waals surface area (Å²) < 4.78 is 10.1. The maximum absolute atomic E-state index is 13.0. The predicted molar refractivity (Wildman–Crippen MR) is 156 cm³/mol. The van der Waals surface area contributed by atoms with Crippen molar-refractivity contribution in [1.29, 1.82) is 0 Å². The summed E-state index contributed by atoms with van der Waals surface area (Å²) >= 11 is 0. The van der Waals surface area contributed by atoms with Gasteiger partial charge in [0.25, 0.3) is 0 Å². The Morgan fingerprint density at radius 1 is 1.00 bits per heavy atom. The number of rotatable bonds is 18. The number of carbonyl (C=O) groups is 6. The number of esters is 1. The topological polar surface area (TPSA) is 215 Å². The third-order valence-corrected chi connectivity index (χ3v) is 7.04. The van der Waals surface area contributed by atoms with E-state index in [1.54, 1.807) is 19.9 Å². The molecular weight excluding hydrogens is 550 g/mol. The number of nitrogens with one attached hydrogen (secondary N) is 3. The van der Waals surface area contributed by atoms with Crippen molar-refractivity contribution >= 4 is 35.8 Å². The molecule has 0 aliphatic carbocycles. The molecule has 0 spiro atoms. The van der Waals surface area contributed by atoms with Crippen molar-refractivity contribution in [1.82, 2.24) is 25.8 Å². The number of nitrogens with two attached hydrogens (primary N) is 2. The second-order valence-corrected chi connectivity index (χ2v) is 10.3. The molecule has 42 heavy (non-hydrogen) atoms. The second-order valence-electron chi connectivity index (χ2n) is 10.3. The van der Waals surface area contributed by atoms with Gasteiger partial charge in [0.15, 0.2) is 0 Å². The summed E-state index contributed by atoms with van der Waals surface area (Å²) in [5, 5.41) is 7.94. The van der Waals surface area contributed by atoms with Crippen molar-refractivity contribution in [2.75, 3.05) is 40.9 Å². The Labute approximate surface area is 248 Å². The van der Waals surface area contributed by atoms with Crippen molar-refractivity contribution in [3.8, 4) is 0 Å². The van der Waals surface area contributed by atoms with Crippen LogP contribution >= 0.6 is 0 Å². The first-order valence-corrected chi connectivity index (χ1v) is 13.8. The molecule has 0 aromatic heterocycles. The molecular formula is C27H49N7O8. The van der Waals surface area contributed by atoms with E-state index in [2.05, 4.69) is 27.3 Å². The lowest BCUT2D eigenvalue weighted by molar-refractivity contribution is -0.151. The summed E-state index contributed by atoms with van der Waals surface area (Å²) in [7, 11) is 4.21. The molecule has 7 N–H and O–H groups in total. The van der Waals surface area contributed by atoms with E-state index in [-0.39, 0.29) is 50.3 Å². The van der Waals surface area contributed by atoms with Gasteiger partial charge in [0.05, 0.1) is 19.8 Å². The molecule has 0 bridgehead atoms. The third-order valence-electron chi connectivity index (χ3n) is 7.04. The van der Waals surface area contributed by atoms with Crippen LogP contribution in [0.5, 0.6) is 0 Å². The molecule has 0 aromatic carbocycles. The van der Waals surface area contributed by atoms with Crippen molar-refractivity contribution < 1.29 is 38.2 Å². The number of methoxy groups -OCH3 is 1. The van der Waals surface area contributed by atoms with Crippen molar-refractivity contribution in [3.63, 3.8) is 0 Å². The number of carbonyl (C=O) groups excluding carboxylic acids is 6. The number of hydrogen-bond acceptors (Lipinski definition) is 9. The highest BCUT2D eigenvalue weighted by Crippen LogP contribution is 2.18. The Hall–Kier alpha value is -3.88. The lowest BCUT2D eigenvalue weighted by Crippen LogP contribution is -2.53. The van der Waals surface area contributed by atoms with E-state index in [1.807, 2.05) is 6.92 Å². The van der Waals surface area contributed by atoms with E-state index in [9.17, 15) is 28.8 Å². The summed E-state index contributed by atoms with van der Waals surface area (Å²) in [5.74, 6) is -2.36. The van der Waals surface area contributed by atoms with Crippen LogP contribution in [0.25, 0.3) is 0 Å². The molecule has 240 valence electrons. The molecule has 0 saturated heterocycles. The van der Waals surface area contributed by atoms with Gasteiger partial charge in [-0.05, 0) is 39.5 Å². The van der Waals surface area contributed by atoms with Gasteiger partial charge >= 0.3 is 18.1 Å². The van der Waals surface area contributed by atoms with Crippen LogP contribution in [-0.4, -0.2) is 111 Å². The molecule has 0 fully saturated rings. The third kappa shape index (κ3) is 13.7. The van der Waals surface area contributed by atoms with Gasteiger partial charge in [-0.1, -0.05) is 13.0 Å². The average molecular weight is 600 g/mol. The Morgan fingerprint density at radius 3 is 2.14 bits per heavy atom. The van der Waals surface area contributed by atoms with Crippen molar-refractivity contribution in [3.05, 3.63) is 12.7 Å². The highest BCUT2D eigenvalue weighted by Gasteiger charge is 2.28. The first-order valence-electron chi connectivity index (χ1n) is 13.8. The monoisotopic (exact) mass is 599 g/mol. The summed E-state index contributed by atoms with van der Waals surface area (Å²) in [4.78, 5) is 75.1.